The maximum absolute atomic E-state index is 12.1. The number of aromatic nitrogens is 3. The molecule has 19 heavy (non-hydrogen) atoms. The molecule has 0 atom stereocenters. The lowest BCUT2D eigenvalue weighted by atomic mass is 10.2. The molecule has 1 N–H and O–H groups in total. The molecule has 0 aromatic carbocycles. The molecule has 0 aliphatic carbocycles. The summed E-state index contributed by atoms with van der Waals surface area (Å²) in [5, 5.41) is 2.77. The van der Waals surface area contributed by atoms with E-state index in [0.717, 1.165) is 11.2 Å². The molecule has 3 aromatic heterocycles. The highest BCUT2D eigenvalue weighted by molar-refractivity contribution is 6.03. The Morgan fingerprint density at radius 1 is 1.21 bits per heavy atom. The van der Waals surface area contributed by atoms with Crippen molar-refractivity contribution in [3.8, 4) is 0 Å². The van der Waals surface area contributed by atoms with E-state index in [2.05, 4.69) is 15.3 Å². The Morgan fingerprint density at radius 2 is 2.11 bits per heavy atom. The van der Waals surface area contributed by atoms with Gasteiger partial charge in [-0.25, -0.2) is 9.97 Å². The van der Waals surface area contributed by atoms with Gasteiger partial charge >= 0.3 is 0 Å². The minimum Gasteiger partial charge on any atom is -0.307 e. The minimum atomic E-state index is -0.186. The number of carbonyl (C=O) groups excluding carboxylic acids is 1. The molecule has 0 spiro atoms. The number of hydrogen-bond acceptors (Lipinski definition) is 3. The number of rotatable bonds is 2. The van der Waals surface area contributed by atoms with Crippen LogP contribution in [0.25, 0.3) is 5.65 Å². The predicted octanol–water partition coefficient (Wildman–Crippen LogP) is 2.29. The largest absolute Gasteiger partial charge is 0.307 e. The Kier molecular flexibility index (Phi) is 2.72. The standard InChI is InChI=1S/C14H12N4O/c1-10-4-5-15-12(8-10)17-14(19)11-2-3-13-16-6-7-18(13)9-11/h2-9H,1H3,(H,15,17,19). The Balaban J connectivity index is 1.87. The van der Waals surface area contributed by atoms with Crippen molar-refractivity contribution in [1.82, 2.24) is 14.4 Å². The second-order valence-electron chi connectivity index (χ2n) is 4.28. The lowest BCUT2D eigenvalue weighted by molar-refractivity contribution is 0.102. The number of aryl methyl sites for hydroxylation is 1. The van der Waals surface area contributed by atoms with Crippen molar-refractivity contribution >= 4 is 17.4 Å². The van der Waals surface area contributed by atoms with Crippen LogP contribution in [0.5, 0.6) is 0 Å². The molecule has 1 amide bonds. The van der Waals surface area contributed by atoms with Crippen molar-refractivity contribution in [3.05, 3.63) is 60.2 Å². The number of imidazole rings is 1. The summed E-state index contributed by atoms with van der Waals surface area (Å²) in [5.74, 6) is 0.365. The number of anilines is 1. The Labute approximate surface area is 109 Å². The third kappa shape index (κ3) is 2.30. The van der Waals surface area contributed by atoms with Crippen LogP contribution in [0.15, 0.2) is 49.1 Å². The van der Waals surface area contributed by atoms with E-state index in [1.165, 1.54) is 0 Å². The van der Waals surface area contributed by atoms with Crippen molar-refractivity contribution in [3.63, 3.8) is 0 Å². The van der Waals surface area contributed by atoms with Gasteiger partial charge in [0.05, 0.1) is 5.56 Å². The van der Waals surface area contributed by atoms with E-state index >= 15 is 0 Å². The zero-order valence-electron chi connectivity index (χ0n) is 10.4. The predicted molar refractivity (Wildman–Crippen MR) is 72.1 cm³/mol. The summed E-state index contributed by atoms with van der Waals surface area (Å²) in [4.78, 5) is 20.3. The first kappa shape index (κ1) is 11.4. The van der Waals surface area contributed by atoms with Crippen LogP contribution in [0.3, 0.4) is 0 Å². The molecule has 0 aliphatic rings. The topological polar surface area (TPSA) is 59.3 Å². The first-order valence-corrected chi connectivity index (χ1v) is 5.89. The first-order valence-electron chi connectivity index (χ1n) is 5.89. The van der Waals surface area contributed by atoms with Gasteiger partial charge in [-0.05, 0) is 36.8 Å². The molecule has 0 saturated carbocycles. The lowest BCUT2D eigenvalue weighted by Crippen LogP contribution is -2.13. The van der Waals surface area contributed by atoms with Crippen LogP contribution >= 0.6 is 0 Å². The van der Waals surface area contributed by atoms with Gasteiger partial charge in [-0.15, -0.1) is 0 Å². The zero-order chi connectivity index (χ0) is 13.2. The SMILES string of the molecule is Cc1ccnc(NC(=O)c2ccc3nccn3c2)c1. The number of nitrogens with one attached hydrogen (secondary N) is 1. The summed E-state index contributed by atoms with van der Waals surface area (Å²) in [7, 11) is 0. The van der Waals surface area contributed by atoms with E-state index in [1.54, 1.807) is 41.3 Å². The monoisotopic (exact) mass is 252 g/mol. The van der Waals surface area contributed by atoms with Gasteiger partial charge in [-0.3, -0.25) is 4.79 Å². The number of pyridine rings is 2. The van der Waals surface area contributed by atoms with Gasteiger partial charge in [0, 0.05) is 24.8 Å². The van der Waals surface area contributed by atoms with Gasteiger partial charge in [-0.1, -0.05) is 0 Å². The van der Waals surface area contributed by atoms with Gasteiger partial charge < -0.3 is 9.72 Å². The number of hydrogen-bond donors (Lipinski definition) is 1. The maximum atomic E-state index is 12.1. The van der Waals surface area contributed by atoms with Crippen molar-refractivity contribution in [1.29, 1.82) is 0 Å². The maximum Gasteiger partial charge on any atom is 0.258 e. The molecule has 0 saturated heterocycles. The quantitative estimate of drug-likeness (QED) is 0.761. The number of nitrogens with zero attached hydrogens (tertiary/aromatic N) is 3. The minimum absolute atomic E-state index is 0.186. The average molecular weight is 252 g/mol. The molecule has 94 valence electrons. The molecule has 3 heterocycles. The smallest absolute Gasteiger partial charge is 0.258 e. The van der Waals surface area contributed by atoms with E-state index in [1.807, 2.05) is 19.1 Å². The zero-order valence-corrected chi connectivity index (χ0v) is 10.4. The van der Waals surface area contributed by atoms with Crippen molar-refractivity contribution in [2.45, 2.75) is 6.92 Å². The third-order valence-electron chi connectivity index (χ3n) is 2.81. The highest BCUT2D eigenvalue weighted by Crippen LogP contribution is 2.09. The molecule has 0 radical (unpaired) electrons. The summed E-state index contributed by atoms with van der Waals surface area (Å²) in [6, 6.07) is 7.26. The van der Waals surface area contributed by atoms with Gasteiger partial charge in [-0.2, -0.15) is 0 Å². The van der Waals surface area contributed by atoms with Crippen molar-refractivity contribution in [2.24, 2.45) is 0 Å². The van der Waals surface area contributed by atoms with Crippen LogP contribution in [-0.4, -0.2) is 20.3 Å². The van der Waals surface area contributed by atoms with Crippen molar-refractivity contribution < 1.29 is 4.79 Å². The fourth-order valence-electron chi connectivity index (χ4n) is 1.85. The molecule has 5 nitrogen and oxygen atoms in total. The average Bonchev–Trinajstić information content (AvgIpc) is 2.85. The molecular weight excluding hydrogens is 240 g/mol. The van der Waals surface area contributed by atoms with Crippen LogP contribution < -0.4 is 5.32 Å². The summed E-state index contributed by atoms with van der Waals surface area (Å²) < 4.78 is 1.80. The summed E-state index contributed by atoms with van der Waals surface area (Å²) in [5.41, 5.74) is 2.43. The molecule has 0 aliphatic heterocycles. The highest BCUT2D eigenvalue weighted by Gasteiger charge is 2.07. The summed E-state index contributed by atoms with van der Waals surface area (Å²) in [6.07, 6.45) is 6.91. The molecule has 3 rings (SSSR count). The van der Waals surface area contributed by atoms with Crippen LogP contribution in [-0.2, 0) is 0 Å². The van der Waals surface area contributed by atoms with Crippen LogP contribution in [0, 0.1) is 6.92 Å². The lowest BCUT2D eigenvalue weighted by Gasteiger charge is -2.05. The molecule has 0 bridgehead atoms. The first-order chi connectivity index (χ1) is 9.22. The van der Waals surface area contributed by atoms with E-state index in [0.29, 0.717) is 11.4 Å². The second-order valence-corrected chi connectivity index (χ2v) is 4.28. The van der Waals surface area contributed by atoms with E-state index in [9.17, 15) is 4.79 Å². The number of amides is 1. The van der Waals surface area contributed by atoms with Crippen LogP contribution in [0.1, 0.15) is 15.9 Å². The Morgan fingerprint density at radius 3 is 2.95 bits per heavy atom. The van der Waals surface area contributed by atoms with E-state index in [4.69, 9.17) is 0 Å². The Bertz CT molecular complexity index is 748. The van der Waals surface area contributed by atoms with Crippen LogP contribution in [0.4, 0.5) is 5.82 Å². The molecule has 5 heteroatoms. The number of fused-ring (bicyclic) bond motifs is 1. The molecule has 0 unspecified atom stereocenters. The fraction of sp³-hybridized carbons (Fsp3) is 0.0714. The van der Waals surface area contributed by atoms with Crippen LogP contribution in [0.2, 0.25) is 0 Å². The Hall–Kier alpha value is -2.69. The van der Waals surface area contributed by atoms with Gasteiger partial charge in [0.2, 0.25) is 0 Å². The molecular formula is C14H12N4O. The highest BCUT2D eigenvalue weighted by atomic mass is 16.1. The third-order valence-corrected chi connectivity index (χ3v) is 2.81. The van der Waals surface area contributed by atoms with Gasteiger partial charge in [0.1, 0.15) is 11.5 Å². The van der Waals surface area contributed by atoms with E-state index in [-0.39, 0.29) is 5.91 Å². The molecule has 3 aromatic rings. The van der Waals surface area contributed by atoms with Crippen molar-refractivity contribution in [2.75, 3.05) is 5.32 Å². The summed E-state index contributed by atoms with van der Waals surface area (Å²) in [6.45, 7) is 1.95. The van der Waals surface area contributed by atoms with Gasteiger partial charge in [0.15, 0.2) is 0 Å². The van der Waals surface area contributed by atoms with E-state index < -0.39 is 0 Å². The number of carbonyl (C=O) groups is 1. The van der Waals surface area contributed by atoms with Gasteiger partial charge in [0.25, 0.3) is 5.91 Å². The molecule has 0 fully saturated rings. The fourth-order valence-corrected chi connectivity index (χ4v) is 1.85. The summed E-state index contributed by atoms with van der Waals surface area (Å²) >= 11 is 0. The normalized spacial score (nSPS) is 10.6. The second kappa shape index (κ2) is 4.53.